The summed E-state index contributed by atoms with van der Waals surface area (Å²) >= 11 is 0. The van der Waals surface area contributed by atoms with E-state index in [0.29, 0.717) is 12.2 Å². The van der Waals surface area contributed by atoms with Crippen LogP contribution in [0.5, 0.6) is 5.75 Å². The van der Waals surface area contributed by atoms with Crippen LogP contribution in [0.4, 0.5) is 0 Å². The Labute approximate surface area is 130 Å². The van der Waals surface area contributed by atoms with E-state index in [9.17, 15) is 5.11 Å². The number of rotatable bonds is 6. The Hall–Kier alpha value is -2.33. The van der Waals surface area contributed by atoms with Crippen molar-refractivity contribution in [1.29, 1.82) is 0 Å². The van der Waals surface area contributed by atoms with Crippen LogP contribution < -0.4 is 5.32 Å². The minimum absolute atomic E-state index is 0.259. The lowest BCUT2D eigenvalue weighted by atomic mass is 10.1. The summed E-state index contributed by atoms with van der Waals surface area (Å²) in [7, 11) is 0. The first-order valence-corrected chi connectivity index (χ1v) is 7.65. The molecule has 0 aliphatic heterocycles. The van der Waals surface area contributed by atoms with Crippen LogP contribution in [0.3, 0.4) is 0 Å². The van der Waals surface area contributed by atoms with Gasteiger partial charge in [0.05, 0.1) is 5.69 Å². The lowest BCUT2D eigenvalue weighted by Crippen LogP contribution is -2.16. The molecule has 2 aromatic heterocycles. The van der Waals surface area contributed by atoms with Gasteiger partial charge in [-0.3, -0.25) is 4.98 Å². The molecule has 0 amide bonds. The van der Waals surface area contributed by atoms with Crippen LogP contribution in [-0.2, 0) is 13.0 Å². The molecule has 0 spiro atoms. The van der Waals surface area contributed by atoms with Gasteiger partial charge in [-0.25, -0.2) is 0 Å². The fourth-order valence-electron chi connectivity index (χ4n) is 2.68. The number of fused-ring (bicyclic) bond motifs is 1. The summed E-state index contributed by atoms with van der Waals surface area (Å²) in [6.07, 6.45) is 4.18. The van der Waals surface area contributed by atoms with Gasteiger partial charge in [0.15, 0.2) is 0 Å². The van der Waals surface area contributed by atoms with E-state index in [1.54, 1.807) is 6.07 Å². The Kier molecular flexibility index (Phi) is 4.39. The second kappa shape index (κ2) is 6.62. The first-order chi connectivity index (χ1) is 10.7. The maximum absolute atomic E-state index is 9.75. The highest BCUT2D eigenvalue weighted by Crippen LogP contribution is 2.19. The van der Waals surface area contributed by atoms with Gasteiger partial charge in [-0.15, -0.1) is 0 Å². The van der Waals surface area contributed by atoms with Crippen LogP contribution in [0.2, 0.25) is 0 Å². The van der Waals surface area contributed by atoms with E-state index >= 15 is 0 Å². The molecule has 0 radical (unpaired) electrons. The lowest BCUT2D eigenvalue weighted by molar-refractivity contribution is 0.458. The van der Waals surface area contributed by atoms with E-state index < -0.39 is 0 Å². The molecule has 3 rings (SSSR count). The molecule has 3 aromatic rings. The molecule has 2 heterocycles. The number of benzene rings is 1. The molecule has 0 aliphatic rings. The highest BCUT2D eigenvalue weighted by molar-refractivity contribution is 5.82. The average molecular weight is 295 g/mol. The topological polar surface area (TPSA) is 60.9 Å². The Balaban J connectivity index is 1.49. The van der Waals surface area contributed by atoms with Crippen LogP contribution in [0.15, 0.2) is 42.6 Å². The van der Waals surface area contributed by atoms with Crippen molar-refractivity contribution in [1.82, 2.24) is 15.3 Å². The van der Waals surface area contributed by atoms with Gasteiger partial charge in [0.2, 0.25) is 0 Å². The maximum Gasteiger partial charge on any atom is 0.138 e. The summed E-state index contributed by atoms with van der Waals surface area (Å²) in [4.78, 5) is 7.65. The monoisotopic (exact) mass is 295 g/mol. The number of aromatic hydroxyl groups is 1. The quantitative estimate of drug-likeness (QED) is 0.611. The molecule has 0 atom stereocenters. The van der Waals surface area contributed by atoms with E-state index in [4.69, 9.17) is 0 Å². The predicted molar refractivity (Wildman–Crippen MR) is 89.0 cm³/mol. The summed E-state index contributed by atoms with van der Waals surface area (Å²) < 4.78 is 0. The zero-order valence-corrected chi connectivity index (χ0v) is 12.8. The van der Waals surface area contributed by atoms with Crippen molar-refractivity contribution in [2.45, 2.75) is 26.3 Å². The standard InChI is InChI=1S/C18H21N3O/c1-13-8-9-18(22)17(21-13)12-19-10-4-5-14-11-20-16-7-3-2-6-15(14)16/h2-3,6-9,11,19-20,22H,4-5,10,12H2,1H3. The zero-order chi connectivity index (χ0) is 15.4. The zero-order valence-electron chi connectivity index (χ0n) is 12.8. The predicted octanol–water partition coefficient (Wildman–Crippen LogP) is 3.30. The van der Waals surface area contributed by atoms with Gasteiger partial charge in [-0.2, -0.15) is 0 Å². The van der Waals surface area contributed by atoms with E-state index in [0.717, 1.165) is 25.1 Å². The Bertz CT molecular complexity index is 764. The van der Waals surface area contributed by atoms with Crippen molar-refractivity contribution in [3.63, 3.8) is 0 Å². The normalized spacial score (nSPS) is 11.1. The van der Waals surface area contributed by atoms with E-state index in [1.807, 2.05) is 19.1 Å². The first kappa shape index (κ1) is 14.6. The Morgan fingerprint density at radius 1 is 1.18 bits per heavy atom. The van der Waals surface area contributed by atoms with Crippen molar-refractivity contribution in [2.75, 3.05) is 6.54 Å². The summed E-state index contributed by atoms with van der Waals surface area (Å²) in [5, 5.41) is 14.4. The second-order valence-corrected chi connectivity index (χ2v) is 5.56. The Morgan fingerprint density at radius 3 is 2.95 bits per heavy atom. The average Bonchev–Trinajstić information content (AvgIpc) is 2.94. The van der Waals surface area contributed by atoms with Gasteiger partial charge < -0.3 is 15.4 Å². The van der Waals surface area contributed by atoms with Crippen molar-refractivity contribution >= 4 is 10.9 Å². The van der Waals surface area contributed by atoms with Gasteiger partial charge in [-0.1, -0.05) is 18.2 Å². The van der Waals surface area contributed by atoms with Crippen molar-refractivity contribution in [3.8, 4) is 5.75 Å². The lowest BCUT2D eigenvalue weighted by Gasteiger charge is -2.07. The minimum atomic E-state index is 0.259. The van der Waals surface area contributed by atoms with Gasteiger partial charge in [0.25, 0.3) is 0 Å². The largest absolute Gasteiger partial charge is 0.506 e. The number of aromatic amines is 1. The number of aromatic nitrogens is 2. The SMILES string of the molecule is Cc1ccc(O)c(CNCCCc2c[nH]c3ccccc23)n1. The van der Waals surface area contributed by atoms with Crippen LogP contribution >= 0.6 is 0 Å². The number of hydrogen-bond donors (Lipinski definition) is 3. The molecule has 0 bridgehead atoms. The van der Waals surface area contributed by atoms with Gasteiger partial charge in [0.1, 0.15) is 5.75 Å². The maximum atomic E-state index is 9.75. The first-order valence-electron chi connectivity index (χ1n) is 7.65. The molecular formula is C18H21N3O. The van der Waals surface area contributed by atoms with Gasteiger partial charge >= 0.3 is 0 Å². The third-order valence-corrected chi connectivity index (χ3v) is 3.86. The summed E-state index contributed by atoms with van der Waals surface area (Å²) in [6, 6.07) is 11.9. The number of nitrogens with one attached hydrogen (secondary N) is 2. The summed E-state index contributed by atoms with van der Waals surface area (Å²) in [5.74, 6) is 0.259. The molecule has 4 heteroatoms. The molecule has 0 fully saturated rings. The van der Waals surface area contributed by atoms with E-state index in [2.05, 4.69) is 39.7 Å². The minimum Gasteiger partial charge on any atom is -0.506 e. The molecule has 4 nitrogen and oxygen atoms in total. The molecular weight excluding hydrogens is 274 g/mol. The Morgan fingerprint density at radius 2 is 2.05 bits per heavy atom. The number of H-pyrrole nitrogens is 1. The number of nitrogens with zero attached hydrogens (tertiary/aromatic N) is 1. The van der Waals surface area contributed by atoms with Crippen molar-refractivity contribution < 1.29 is 5.11 Å². The molecule has 0 unspecified atom stereocenters. The molecule has 3 N–H and O–H groups in total. The van der Waals surface area contributed by atoms with Gasteiger partial charge in [0, 0.05) is 29.3 Å². The number of para-hydroxylation sites is 1. The molecule has 22 heavy (non-hydrogen) atoms. The van der Waals surface area contributed by atoms with Crippen molar-refractivity contribution in [3.05, 3.63) is 59.5 Å². The van der Waals surface area contributed by atoms with Crippen LogP contribution in [0, 0.1) is 6.92 Å². The third kappa shape index (κ3) is 3.28. The molecule has 114 valence electrons. The van der Waals surface area contributed by atoms with E-state index in [-0.39, 0.29) is 5.75 Å². The third-order valence-electron chi connectivity index (χ3n) is 3.86. The number of hydrogen-bond acceptors (Lipinski definition) is 3. The number of aryl methyl sites for hydroxylation is 2. The fraction of sp³-hybridized carbons (Fsp3) is 0.278. The smallest absolute Gasteiger partial charge is 0.138 e. The summed E-state index contributed by atoms with van der Waals surface area (Å²) in [5.41, 5.74) is 4.19. The highest BCUT2D eigenvalue weighted by Gasteiger charge is 2.04. The highest BCUT2D eigenvalue weighted by atomic mass is 16.3. The molecule has 0 aliphatic carbocycles. The summed E-state index contributed by atoms with van der Waals surface area (Å²) in [6.45, 7) is 3.43. The van der Waals surface area contributed by atoms with Crippen LogP contribution in [0.1, 0.15) is 23.4 Å². The van der Waals surface area contributed by atoms with E-state index in [1.165, 1.54) is 16.5 Å². The molecule has 1 aromatic carbocycles. The molecule has 0 saturated carbocycles. The molecule has 0 saturated heterocycles. The van der Waals surface area contributed by atoms with Crippen molar-refractivity contribution in [2.24, 2.45) is 0 Å². The number of pyridine rings is 1. The van der Waals surface area contributed by atoms with Gasteiger partial charge in [-0.05, 0) is 50.1 Å². The van der Waals surface area contributed by atoms with Crippen LogP contribution in [-0.4, -0.2) is 21.6 Å². The van der Waals surface area contributed by atoms with Crippen LogP contribution in [0.25, 0.3) is 10.9 Å². The fourth-order valence-corrected chi connectivity index (χ4v) is 2.68. The second-order valence-electron chi connectivity index (χ2n) is 5.56.